The van der Waals surface area contributed by atoms with E-state index >= 15 is 0 Å². The Morgan fingerprint density at radius 1 is 0.447 bits per heavy atom. The predicted molar refractivity (Wildman–Crippen MR) is 135 cm³/mol. The molecule has 0 radical (unpaired) electrons. The number of hydrogen-bond acceptors (Lipinski definition) is 12. The van der Waals surface area contributed by atoms with Gasteiger partial charge in [-0.3, -0.25) is 9.59 Å². The van der Waals surface area contributed by atoms with Crippen LogP contribution in [-0.2, 0) is 57.0 Å². The van der Waals surface area contributed by atoms with Gasteiger partial charge < -0.3 is 52.5 Å². The van der Waals surface area contributed by atoms with E-state index in [0.717, 1.165) is 0 Å². The number of carbonyl (C=O) groups excluding carboxylic acids is 1. The van der Waals surface area contributed by atoms with Gasteiger partial charge in [0.15, 0.2) is 0 Å². The van der Waals surface area contributed by atoms with Crippen LogP contribution < -0.4 is 0 Å². The molecule has 38 heavy (non-hydrogen) atoms. The summed E-state index contributed by atoms with van der Waals surface area (Å²) < 4.78 is 52.9. The summed E-state index contributed by atoms with van der Waals surface area (Å²) in [5.74, 6) is -1.21. The molecule has 0 atom stereocenters. The molecule has 0 amide bonds. The molecular formula is C25H48O13. The Morgan fingerprint density at radius 3 is 1.05 bits per heavy atom. The molecule has 0 aromatic carbocycles. The molecule has 0 unspecified atom stereocenters. The van der Waals surface area contributed by atoms with Crippen LogP contribution >= 0.6 is 0 Å². The van der Waals surface area contributed by atoms with Gasteiger partial charge in [0.25, 0.3) is 0 Å². The molecule has 13 nitrogen and oxygen atoms in total. The van der Waals surface area contributed by atoms with Crippen molar-refractivity contribution in [3.63, 3.8) is 0 Å². The van der Waals surface area contributed by atoms with Crippen LogP contribution in [0.15, 0.2) is 0 Å². The van der Waals surface area contributed by atoms with Gasteiger partial charge in [0.05, 0.1) is 112 Å². The molecule has 0 saturated heterocycles. The van der Waals surface area contributed by atoms with Gasteiger partial charge in [-0.1, -0.05) is 0 Å². The van der Waals surface area contributed by atoms with E-state index in [2.05, 4.69) is 0 Å². The Kier molecular flexibility index (Phi) is 30.6. The Hall–Kier alpha value is -1.42. The number of aliphatic carboxylic acids is 1. The highest BCUT2D eigenvalue weighted by atomic mass is 16.6. The first kappa shape index (κ1) is 36.6. The van der Waals surface area contributed by atoms with Crippen LogP contribution in [0.4, 0.5) is 0 Å². The summed E-state index contributed by atoms with van der Waals surface area (Å²) in [6.45, 7) is 8.41. The summed E-state index contributed by atoms with van der Waals surface area (Å²) in [7, 11) is 1.64. The van der Waals surface area contributed by atoms with E-state index in [1.54, 1.807) is 7.11 Å². The molecule has 0 rings (SSSR count). The van der Waals surface area contributed by atoms with E-state index in [-0.39, 0.29) is 32.0 Å². The second-order valence-electron chi connectivity index (χ2n) is 7.71. The summed E-state index contributed by atoms with van der Waals surface area (Å²) in [6.07, 6.45) is 1.25. The molecule has 0 fully saturated rings. The number of carboxylic acid groups (broad SMARTS) is 1. The van der Waals surface area contributed by atoms with Crippen LogP contribution in [0.2, 0.25) is 0 Å². The maximum absolute atomic E-state index is 11.4. The lowest BCUT2D eigenvalue weighted by molar-refractivity contribution is -0.146. The number of methoxy groups -OCH3 is 1. The molecular weight excluding hydrogens is 508 g/mol. The minimum atomic E-state index is -0.861. The quantitative estimate of drug-likeness (QED) is 0.0927. The number of rotatable bonds is 32. The largest absolute Gasteiger partial charge is 0.481 e. The number of carboxylic acids is 1. The van der Waals surface area contributed by atoms with Crippen molar-refractivity contribution in [2.24, 2.45) is 0 Å². The fraction of sp³-hybridized carbons (Fsp3) is 0.920. The SMILES string of the molecule is COCCOCCOCCOCCOCCOCCOCCOCCOCCOC(=O)CCCCC(=O)O. The van der Waals surface area contributed by atoms with Crippen molar-refractivity contribution in [1.29, 1.82) is 0 Å². The summed E-state index contributed by atoms with van der Waals surface area (Å²) in [4.78, 5) is 21.8. The molecule has 0 aliphatic rings. The Labute approximate surface area is 226 Å². The minimum absolute atomic E-state index is 0.0633. The maximum Gasteiger partial charge on any atom is 0.305 e. The van der Waals surface area contributed by atoms with E-state index in [1.807, 2.05) is 0 Å². The summed E-state index contributed by atoms with van der Waals surface area (Å²) in [6, 6.07) is 0. The molecule has 0 aliphatic heterocycles. The standard InChI is InChI=1S/C25H48O13/c1-29-6-7-30-8-9-31-10-11-32-12-13-33-14-15-34-16-17-35-18-19-36-20-21-37-22-23-38-25(28)5-3-2-4-24(26)27/h2-23H2,1H3,(H,26,27). The third-order valence-electron chi connectivity index (χ3n) is 4.55. The fourth-order valence-electron chi connectivity index (χ4n) is 2.62. The molecule has 13 heteroatoms. The van der Waals surface area contributed by atoms with Gasteiger partial charge >= 0.3 is 11.9 Å². The van der Waals surface area contributed by atoms with Crippen molar-refractivity contribution in [1.82, 2.24) is 0 Å². The third kappa shape index (κ3) is 32.6. The van der Waals surface area contributed by atoms with Crippen molar-refractivity contribution in [3.05, 3.63) is 0 Å². The van der Waals surface area contributed by atoms with E-state index < -0.39 is 5.97 Å². The topological polar surface area (TPSA) is 147 Å². The zero-order valence-corrected chi connectivity index (χ0v) is 22.9. The van der Waals surface area contributed by atoms with Gasteiger partial charge in [0.2, 0.25) is 0 Å². The van der Waals surface area contributed by atoms with Gasteiger partial charge in [0.1, 0.15) is 6.61 Å². The lowest BCUT2D eigenvalue weighted by Crippen LogP contribution is -2.15. The molecule has 0 bridgehead atoms. The van der Waals surface area contributed by atoms with Gasteiger partial charge in [-0.25, -0.2) is 0 Å². The second kappa shape index (κ2) is 31.8. The molecule has 0 aromatic heterocycles. The molecule has 1 N–H and O–H groups in total. The van der Waals surface area contributed by atoms with Crippen LogP contribution in [0.3, 0.4) is 0 Å². The second-order valence-corrected chi connectivity index (χ2v) is 7.71. The Morgan fingerprint density at radius 2 is 0.737 bits per heavy atom. The normalized spacial score (nSPS) is 11.2. The number of carbonyl (C=O) groups is 2. The highest BCUT2D eigenvalue weighted by molar-refractivity contribution is 5.69. The Bertz CT molecular complexity index is 508. The van der Waals surface area contributed by atoms with Crippen LogP contribution in [0, 0.1) is 0 Å². The van der Waals surface area contributed by atoms with Crippen molar-refractivity contribution in [3.8, 4) is 0 Å². The smallest absolute Gasteiger partial charge is 0.305 e. The number of unbranched alkanes of at least 4 members (excludes halogenated alkanes) is 1. The van der Waals surface area contributed by atoms with Crippen LogP contribution in [0.25, 0.3) is 0 Å². The summed E-state index contributed by atoms with van der Waals surface area (Å²) >= 11 is 0. The van der Waals surface area contributed by atoms with Crippen molar-refractivity contribution < 1.29 is 62.1 Å². The predicted octanol–water partition coefficient (Wildman–Crippen LogP) is 0.954. The average Bonchev–Trinajstić information content (AvgIpc) is 2.90. The molecule has 0 aliphatic carbocycles. The van der Waals surface area contributed by atoms with Crippen LogP contribution in [0.5, 0.6) is 0 Å². The summed E-state index contributed by atoms with van der Waals surface area (Å²) in [5.41, 5.74) is 0. The first-order valence-electron chi connectivity index (χ1n) is 13.1. The van der Waals surface area contributed by atoms with Crippen LogP contribution in [0.1, 0.15) is 25.7 Å². The maximum atomic E-state index is 11.4. The highest BCUT2D eigenvalue weighted by Crippen LogP contribution is 2.01. The first-order valence-corrected chi connectivity index (χ1v) is 13.1. The highest BCUT2D eigenvalue weighted by Gasteiger charge is 2.04. The van der Waals surface area contributed by atoms with E-state index in [4.69, 9.17) is 52.5 Å². The molecule has 0 spiro atoms. The minimum Gasteiger partial charge on any atom is -0.481 e. The zero-order valence-electron chi connectivity index (χ0n) is 22.9. The van der Waals surface area contributed by atoms with Gasteiger partial charge in [-0.05, 0) is 12.8 Å². The molecule has 0 heterocycles. The van der Waals surface area contributed by atoms with Crippen molar-refractivity contribution in [2.45, 2.75) is 25.7 Å². The number of esters is 1. The third-order valence-corrected chi connectivity index (χ3v) is 4.55. The summed E-state index contributed by atoms with van der Waals surface area (Å²) in [5, 5.41) is 8.52. The fourth-order valence-corrected chi connectivity index (χ4v) is 2.62. The lowest BCUT2D eigenvalue weighted by Gasteiger charge is -2.09. The number of ether oxygens (including phenoxy) is 10. The van der Waals surface area contributed by atoms with Crippen LogP contribution in [-0.4, -0.2) is 143 Å². The van der Waals surface area contributed by atoms with Gasteiger partial charge in [-0.2, -0.15) is 0 Å². The Balaban J connectivity index is 3.09. The van der Waals surface area contributed by atoms with E-state index in [9.17, 15) is 9.59 Å². The first-order chi connectivity index (χ1) is 18.7. The zero-order chi connectivity index (χ0) is 27.8. The monoisotopic (exact) mass is 556 g/mol. The lowest BCUT2D eigenvalue weighted by atomic mass is 10.2. The molecule has 0 saturated carbocycles. The average molecular weight is 557 g/mol. The molecule has 226 valence electrons. The van der Waals surface area contributed by atoms with Crippen molar-refractivity contribution in [2.75, 3.05) is 126 Å². The van der Waals surface area contributed by atoms with Crippen molar-refractivity contribution >= 4 is 11.9 Å². The molecule has 0 aromatic rings. The van der Waals surface area contributed by atoms with Gasteiger partial charge in [-0.15, -0.1) is 0 Å². The van der Waals surface area contributed by atoms with E-state index in [1.165, 1.54) is 0 Å². The number of hydrogen-bond donors (Lipinski definition) is 1. The van der Waals surface area contributed by atoms with E-state index in [0.29, 0.717) is 119 Å². The van der Waals surface area contributed by atoms with Gasteiger partial charge in [0, 0.05) is 20.0 Å².